The summed E-state index contributed by atoms with van der Waals surface area (Å²) < 4.78 is 5.28. The Morgan fingerprint density at radius 2 is 1.81 bits per heavy atom. The first-order valence-corrected chi connectivity index (χ1v) is 10.4. The normalized spacial score (nSPS) is 42.4. The van der Waals surface area contributed by atoms with Gasteiger partial charge >= 0.3 is 5.97 Å². The fraction of sp³-hybridized carbons (Fsp3) is 0.696. The summed E-state index contributed by atoms with van der Waals surface area (Å²) in [7, 11) is 0. The molecule has 0 heterocycles. The van der Waals surface area contributed by atoms with Gasteiger partial charge in [-0.3, -0.25) is 14.4 Å². The van der Waals surface area contributed by atoms with Crippen LogP contribution in [0, 0.1) is 28.6 Å². The molecule has 4 rings (SSSR count). The van der Waals surface area contributed by atoms with Crippen LogP contribution in [-0.4, -0.2) is 18.0 Å². The van der Waals surface area contributed by atoms with Crippen molar-refractivity contribution in [2.24, 2.45) is 28.6 Å². The van der Waals surface area contributed by atoms with Crippen molar-refractivity contribution in [1.29, 1.82) is 0 Å². The average Bonchev–Trinajstić information content (AvgIpc) is 2.97. The first-order chi connectivity index (χ1) is 12.8. The fourth-order valence-corrected chi connectivity index (χ4v) is 7.09. The zero-order chi connectivity index (χ0) is 19.4. The molecule has 27 heavy (non-hydrogen) atoms. The minimum atomic E-state index is -0.419. The van der Waals surface area contributed by atoms with E-state index in [2.05, 4.69) is 13.8 Å². The summed E-state index contributed by atoms with van der Waals surface area (Å²) >= 11 is 0. The monoisotopic (exact) mass is 370 g/mol. The quantitative estimate of drug-likeness (QED) is 0.310. The number of rotatable bonds is 2. The Morgan fingerprint density at radius 3 is 2.52 bits per heavy atom. The Kier molecular flexibility index (Phi) is 4.44. The number of aldehydes is 1. The Balaban J connectivity index is 1.68. The third-order valence-corrected chi connectivity index (χ3v) is 8.40. The van der Waals surface area contributed by atoms with Gasteiger partial charge in [0, 0.05) is 13.3 Å². The highest BCUT2D eigenvalue weighted by atomic mass is 16.5. The number of fused-ring (bicyclic) bond motifs is 5. The highest BCUT2D eigenvalue weighted by Crippen LogP contribution is 2.66. The van der Waals surface area contributed by atoms with Gasteiger partial charge in [-0.1, -0.05) is 19.4 Å². The molecular formula is C23H30O4. The Hall–Kier alpha value is -1.71. The molecule has 3 saturated carbocycles. The molecule has 0 aromatic rings. The third kappa shape index (κ3) is 2.75. The standard InChI is InChI=1S/C23H30O4/c1-14(25)27-21(13-24)20-7-6-18-17-5-4-15-12-16(26)8-10-22(15,2)19(17)9-11-23(18,20)3/h12-13,17-19H,4-11H2,1-3H3/t17-,18-,19-,22-,23-/m0/s1. The number of esters is 1. The molecular weight excluding hydrogens is 340 g/mol. The number of ketones is 1. The first kappa shape index (κ1) is 18.6. The van der Waals surface area contributed by atoms with Gasteiger partial charge in [-0.25, -0.2) is 0 Å². The number of allylic oxidation sites excluding steroid dienone is 3. The zero-order valence-corrected chi connectivity index (χ0v) is 16.7. The molecule has 0 radical (unpaired) electrons. The van der Waals surface area contributed by atoms with Crippen molar-refractivity contribution in [1.82, 2.24) is 0 Å². The Labute approximate surface area is 161 Å². The van der Waals surface area contributed by atoms with Gasteiger partial charge in [0.25, 0.3) is 0 Å². The van der Waals surface area contributed by atoms with E-state index in [0.29, 0.717) is 30.0 Å². The molecule has 4 heteroatoms. The van der Waals surface area contributed by atoms with Crippen LogP contribution in [-0.2, 0) is 19.1 Å². The smallest absolute Gasteiger partial charge is 0.308 e. The van der Waals surface area contributed by atoms with Gasteiger partial charge in [0.15, 0.2) is 17.8 Å². The van der Waals surface area contributed by atoms with Gasteiger partial charge in [0.1, 0.15) is 0 Å². The lowest BCUT2D eigenvalue weighted by atomic mass is 9.47. The molecule has 4 aliphatic rings. The van der Waals surface area contributed by atoms with Crippen LogP contribution in [0.25, 0.3) is 0 Å². The second kappa shape index (κ2) is 6.42. The summed E-state index contributed by atoms with van der Waals surface area (Å²) in [6.07, 6.45) is 10.6. The van der Waals surface area contributed by atoms with Crippen molar-refractivity contribution in [2.45, 2.75) is 72.1 Å². The summed E-state index contributed by atoms with van der Waals surface area (Å²) in [5.74, 6) is 1.92. The summed E-state index contributed by atoms with van der Waals surface area (Å²) in [5, 5.41) is 0. The fourth-order valence-electron chi connectivity index (χ4n) is 7.09. The van der Waals surface area contributed by atoms with E-state index in [1.807, 2.05) is 6.08 Å². The molecule has 146 valence electrons. The van der Waals surface area contributed by atoms with E-state index < -0.39 is 5.97 Å². The van der Waals surface area contributed by atoms with Gasteiger partial charge < -0.3 is 4.74 Å². The molecule has 0 aromatic carbocycles. The average molecular weight is 370 g/mol. The number of carbonyl (C=O) groups is 3. The molecule has 0 bridgehead atoms. The van der Waals surface area contributed by atoms with Crippen LogP contribution in [0.3, 0.4) is 0 Å². The minimum absolute atomic E-state index is 0.0467. The van der Waals surface area contributed by atoms with E-state index in [1.165, 1.54) is 12.5 Å². The zero-order valence-electron chi connectivity index (χ0n) is 16.7. The van der Waals surface area contributed by atoms with E-state index >= 15 is 0 Å². The summed E-state index contributed by atoms with van der Waals surface area (Å²) in [6, 6.07) is 0. The highest BCUT2D eigenvalue weighted by Gasteiger charge is 2.58. The molecule has 0 N–H and O–H groups in total. The van der Waals surface area contributed by atoms with Gasteiger partial charge in [-0.05, 0) is 85.2 Å². The molecule has 0 aromatic heterocycles. The molecule has 0 unspecified atom stereocenters. The number of ether oxygens (including phenoxy) is 1. The van der Waals surface area contributed by atoms with Gasteiger partial charge in [0.2, 0.25) is 0 Å². The van der Waals surface area contributed by atoms with Gasteiger partial charge in [-0.15, -0.1) is 0 Å². The third-order valence-electron chi connectivity index (χ3n) is 8.40. The number of carbonyl (C=O) groups excluding carboxylic acids is 3. The van der Waals surface area contributed by atoms with E-state index in [1.54, 1.807) is 0 Å². The van der Waals surface area contributed by atoms with Crippen LogP contribution >= 0.6 is 0 Å². The van der Waals surface area contributed by atoms with Gasteiger partial charge in [-0.2, -0.15) is 0 Å². The van der Waals surface area contributed by atoms with Crippen molar-refractivity contribution in [2.75, 3.05) is 0 Å². The largest absolute Gasteiger partial charge is 0.423 e. The lowest BCUT2D eigenvalue weighted by Crippen LogP contribution is -2.49. The summed E-state index contributed by atoms with van der Waals surface area (Å²) in [5.41, 5.74) is 2.55. The maximum Gasteiger partial charge on any atom is 0.308 e. The lowest BCUT2D eigenvalue weighted by molar-refractivity contribution is -0.138. The SMILES string of the molecule is CC(=O)OC(C=O)=C1CC[C@H]2[C@@H]3CCC4=CC(=O)CC[C@]4(C)[C@H]3CC[C@]12C. The number of hydrogen-bond acceptors (Lipinski definition) is 4. The maximum atomic E-state index is 11.9. The Bertz CT molecular complexity index is 760. The van der Waals surface area contributed by atoms with Crippen molar-refractivity contribution in [3.63, 3.8) is 0 Å². The number of hydrogen-bond donors (Lipinski definition) is 0. The Morgan fingerprint density at radius 1 is 1.07 bits per heavy atom. The van der Waals surface area contributed by atoms with Crippen LogP contribution in [0.4, 0.5) is 0 Å². The van der Waals surface area contributed by atoms with Crippen LogP contribution in [0.2, 0.25) is 0 Å². The second-order valence-electron chi connectivity index (χ2n) is 9.52. The van der Waals surface area contributed by atoms with Crippen LogP contribution < -0.4 is 0 Å². The molecule has 0 saturated heterocycles. The van der Waals surface area contributed by atoms with Crippen LogP contribution in [0.1, 0.15) is 72.1 Å². The molecule has 5 atom stereocenters. The topological polar surface area (TPSA) is 60.4 Å². The molecule has 3 fully saturated rings. The maximum absolute atomic E-state index is 11.9. The summed E-state index contributed by atoms with van der Waals surface area (Å²) in [4.78, 5) is 35.0. The van der Waals surface area contributed by atoms with E-state index in [9.17, 15) is 14.4 Å². The van der Waals surface area contributed by atoms with E-state index in [4.69, 9.17) is 4.74 Å². The van der Waals surface area contributed by atoms with Crippen LogP contribution in [0.15, 0.2) is 23.0 Å². The van der Waals surface area contributed by atoms with E-state index in [0.717, 1.165) is 56.8 Å². The van der Waals surface area contributed by atoms with Gasteiger partial charge in [0.05, 0.1) is 0 Å². The molecule has 0 amide bonds. The highest BCUT2D eigenvalue weighted by molar-refractivity contribution is 5.91. The molecule has 0 spiro atoms. The predicted octanol–water partition coefficient (Wildman–Crippen LogP) is 4.53. The molecule has 0 aliphatic heterocycles. The molecule has 4 nitrogen and oxygen atoms in total. The van der Waals surface area contributed by atoms with Crippen molar-refractivity contribution in [3.8, 4) is 0 Å². The van der Waals surface area contributed by atoms with Crippen molar-refractivity contribution in [3.05, 3.63) is 23.0 Å². The lowest BCUT2D eigenvalue weighted by Gasteiger charge is -2.57. The summed E-state index contributed by atoms with van der Waals surface area (Å²) in [6.45, 7) is 6.02. The van der Waals surface area contributed by atoms with E-state index in [-0.39, 0.29) is 16.6 Å². The second-order valence-corrected chi connectivity index (χ2v) is 9.52. The predicted molar refractivity (Wildman–Crippen MR) is 102 cm³/mol. The van der Waals surface area contributed by atoms with Crippen molar-refractivity contribution < 1.29 is 19.1 Å². The van der Waals surface area contributed by atoms with Crippen LogP contribution in [0.5, 0.6) is 0 Å². The molecule has 4 aliphatic carbocycles. The van der Waals surface area contributed by atoms with Crippen molar-refractivity contribution >= 4 is 18.0 Å². The first-order valence-electron chi connectivity index (χ1n) is 10.4. The minimum Gasteiger partial charge on any atom is -0.423 e.